The number of carbonyl (C=O) groups excluding carboxylic acids is 1. The third-order valence-electron chi connectivity index (χ3n) is 4.18. The van der Waals surface area contributed by atoms with Crippen molar-refractivity contribution in [3.63, 3.8) is 0 Å². The number of nitrogens with zero attached hydrogens (tertiary/aromatic N) is 1. The zero-order valence-electron chi connectivity index (χ0n) is 12.7. The highest BCUT2D eigenvalue weighted by molar-refractivity contribution is 9.10. The summed E-state index contributed by atoms with van der Waals surface area (Å²) < 4.78 is 6.11. The van der Waals surface area contributed by atoms with Gasteiger partial charge < -0.3 is 15.0 Å². The average Bonchev–Trinajstić information content (AvgIpc) is 2.72. The molecule has 1 atom stereocenters. The van der Waals surface area contributed by atoms with Gasteiger partial charge in [0.1, 0.15) is 5.54 Å². The predicted octanol–water partition coefficient (Wildman–Crippen LogP) is 3.28. The van der Waals surface area contributed by atoms with Gasteiger partial charge in [-0.1, -0.05) is 22.9 Å². The first kappa shape index (κ1) is 16.3. The highest BCUT2D eigenvalue weighted by Gasteiger charge is 2.40. The van der Waals surface area contributed by atoms with Crippen molar-refractivity contribution in [2.45, 2.75) is 31.7 Å². The van der Waals surface area contributed by atoms with Gasteiger partial charge in [-0.25, -0.2) is 4.79 Å². The van der Waals surface area contributed by atoms with E-state index in [1.54, 1.807) is 0 Å². The molecule has 0 spiro atoms. The molecule has 1 unspecified atom stereocenters. The molecule has 1 aromatic rings. The Morgan fingerprint density at radius 2 is 2.05 bits per heavy atom. The molecule has 1 heterocycles. The van der Waals surface area contributed by atoms with Gasteiger partial charge in [-0.05, 0) is 56.6 Å². The van der Waals surface area contributed by atoms with Gasteiger partial charge in [-0.3, -0.25) is 0 Å². The summed E-state index contributed by atoms with van der Waals surface area (Å²) in [6.07, 6.45) is 2.56. The molecule has 4 nitrogen and oxygen atoms in total. The van der Waals surface area contributed by atoms with Gasteiger partial charge in [0, 0.05) is 16.7 Å². The minimum Gasteiger partial charge on any atom is -0.467 e. The third kappa shape index (κ3) is 3.98. The first-order valence-corrected chi connectivity index (χ1v) is 8.23. The van der Waals surface area contributed by atoms with Crippen molar-refractivity contribution in [1.29, 1.82) is 0 Å². The number of likely N-dealkylation sites (tertiary alicyclic amines) is 1. The zero-order valence-corrected chi connectivity index (χ0v) is 14.3. The van der Waals surface area contributed by atoms with Crippen LogP contribution in [0.5, 0.6) is 0 Å². The van der Waals surface area contributed by atoms with Crippen LogP contribution in [-0.4, -0.2) is 43.2 Å². The highest BCUT2D eigenvalue weighted by atomic mass is 79.9. The number of hydrogen-bond acceptors (Lipinski definition) is 4. The summed E-state index contributed by atoms with van der Waals surface area (Å²) in [5.74, 6) is -0.164. The Morgan fingerprint density at radius 1 is 1.33 bits per heavy atom. The van der Waals surface area contributed by atoms with Gasteiger partial charge >= 0.3 is 5.97 Å². The second kappa shape index (κ2) is 7.27. The maximum Gasteiger partial charge on any atom is 0.331 e. The maximum atomic E-state index is 12.4. The molecule has 2 rings (SSSR count). The van der Waals surface area contributed by atoms with E-state index in [-0.39, 0.29) is 5.97 Å². The van der Waals surface area contributed by atoms with Crippen LogP contribution in [0.2, 0.25) is 0 Å². The molecular weight excluding hydrogens is 332 g/mol. The fourth-order valence-electron chi connectivity index (χ4n) is 2.89. The summed E-state index contributed by atoms with van der Waals surface area (Å²) in [5.41, 5.74) is 0.334. The second-order valence-corrected chi connectivity index (χ2v) is 6.41. The van der Waals surface area contributed by atoms with Gasteiger partial charge in [0.05, 0.1) is 7.11 Å². The smallest absolute Gasteiger partial charge is 0.331 e. The fraction of sp³-hybridized carbons (Fsp3) is 0.562. The van der Waals surface area contributed by atoms with E-state index in [9.17, 15) is 4.79 Å². The number of anilines is 1. The van der Waals surface area contributed by atoms with Crippen LogP contribution in [-0.2, 0) is 9.53 Å². The van der Waals surface area contributed by atoms with Gasteiger partial charge in [0.25, 0.3) is 0 Å². The largest absolute Gasteiger partial charge is 0.467 e. The van der Waals surface area contributed by atoms with E-state index in [0.29, 0.717) is 0 Å². The molecular formula is C16H23BrN2O2. The first-order chi connectivity index (χ1) is 10.1. The SMILES string of the molecule is CCN1CCCC(Nc2ccc(Br)cc2)(C(=O)OC)CC1. The number of benzene rings is 1. The van der Waals surface area contributed by atoms with Crippen LogP contribution in [0, 0.1) is 0 Å². The molecule has 0 aliphatic carbocycles. The number of carbonyl (C=O) groups is 1. The third-order valence-corrected chi connectivity index (χ3v) is 4.71. The van der Waals surface area contributed by atoms with Crippen molar-refractivity contribution in [2.75, 3.05) is 32.1 Å². The number of rotatable bonds is 4. The summed E-state index contributed by atoms with van der Waals surface area (Å²) in [6, 6.07) is 7.92. The molecule has 0 aromatic heterocycles. The fourth-order valence-corrected chi connectivity index (χ4v) is 3.16. The Labute approximate surface area is 135 Å². The number of halogens is 1. The lowest BCUT2D eigenvalue weighted by Gasteiger charge is -2.32. The number of hydrogen-bond donors (Lipinski definition) is 1. The molecule has 1 aliphatic rings. The molecule has 5 heteroatoms. The van der Waals surface area contributed by atoms with Crippen molar-refractivity contribution in [1.82, 2.24) is 4.90 Å². The molecule has 1 saturated heterocycles. The van der Waals surface area contributed by atoms with Crippen molar-refractivity contribution >= 4 is 27.6 Å². The van der Waals surface area contributed by atoms with Crippen LogP contribution in [0.15, 0.2) is 28.7 Å². The molecule has 21 heavy (non-hydrogen) atoms. The van der Waals surface area contributed by atoms with Crippen molar-refractivity contribution in [3.05, 3.63) is 28.7 Å². The zero-order chi connectivity index (χ0) is 15.3. The minimum atomic E-state index is -0.619. The summed E-state index contributed by atoms with van der Waals surface area (Å²) in [7, 11) is 1.47. The molecule has 116 valence electrons. The predicted molar refractivity (Wildman–Crippen MR) is 88.5 cm³/mol. The lowest BCUT2D eigenvalue weighted by atomic mass is 9.90. The number of esters is 1. The summed E-state index contributed by atoms with van der Waals surface area (Å²) in [4.78, 5) is 14.8. The highest BCUT2D eigenvalue weighted by Crippen LogP contribution is 2.29. The number of ether oxygens (including phenoxy) is 1. The number of nitrogens with one attached hydrogen (secondary N) is 1. The topological polar surface area (TPSA) is 41.6 Å². The van der Waals surface area contributed by atoms with Crippen LogP contribution in [0.3, 0.4) is 0 Å². The maximum absolute atomic E-state index is 12.4. The van der Waals surface area contributed by atoms with E-state index >= 15 is 0 Å². The van der Waals surface area contributed by atoms with E-state index in [4.69, 9.17) is 4.74 Å². The van der Waals surface area contributed by atoms with Crippen LogP contribution in [0.1, 0.15) is 26.2 Å². The van der Waals surface area contributed by atoms with Crippen LogP contribution in [0.4, 0.5) is 5.69 Å². The second-order valence-electron chi connectivity index (χ2n) is 5.49. The van der Waals surface area contributed by atoms with Crippen LogP contribution >= 0.6 is 15.9 Å². The van der Waals surface area contributed by atoms with Crippen molar-refractivity contribution in [3.8, 4) is 0 Å². The Bertz CT molecular complexity index is 478. The van der Waals surface area contributed by atoms with Gasteiger partial charge in [0.15, 0.2) is 0 Å². The van der Waals surface area contributed by atoms with Gasteiger partial charge in [-0.15, -0.1) is 0 Å². The van der Waals surface area contributed by atoms with E-state index in [1.165, 1.54) is 7.11 Å². The lowest BCUT2D eigenvalue weighted by Crippen LogP contribution is -2.48. The normalized spacial score (nSPS) is 23.4. The van der Waals surface area contributed by atoms with Crippen molar-refractivity contribution in [2.24, 2.45) is 0 Å². The van der Waals surface area contributed by atoms with E-state index in [2.05, 4.69) is 33.1 Å². The van der Waals surface area contributed by atoms with E-state index in [0.717, 1.165) is 49.1 Å². The summed E-state index contributed by atoms with van der Waals surface area (Å²) in [5, 5.41) is 3.43. The quantitative estimate of drug-likeness (QED) is 0.842. The Balaban J connectivity index is 2.20. The lowest BCUT2D eigenvalue weighted by molar-refractivity contribution is -0.146. The standard InChI is InChI=1S/C16H23BrN2O2/c1-3-19-11-4-9-16(10-12-19,15(20)21-2)18-14-7-5-13(17)6-8-14/h5-8,18H,3-4,9-12H2,1-2H3. The van der Waals surface area contributed by atoms with Crippen LogP contribution < -0.4 is 5.32 Å². The molecule has 1 aromatic carbocycles. The molecule has 1 N–H and O–H groups in total. The van der Waals surface area contributed by atoms with Gasteiger partial charge in [-0.2, -0.15) is 0 Å². The Hall–Kier alpha value is -1.07. The molecule has 0 amide bonds. The number of methoxy groups -OCH3 is 1. The summed E-state index contributed by atoms with van der Waals surface area (Å²) >= 11 is 3.43. The molecule has 0 radical (unpaired) electrons. The van der Waals surface area contributed by atoms with E-state index in [1.807, 2.05) is 24.3 Å². The first-order valence-electron chi connectivity index (χ1n) is 7.44. The van der Waals surface area contributed by atoms with Gasteiger partial charge in [0.2, 0.25) is 0 Å². The Morgan fingerprint density at radius 3 is 2.67 bits per heavy atom. The molecule has 0 bridgehead atoms. The average molecular weight is 355 g/mol. The van der Waals surface area contributed by atoms with Crippen LogP contribution in [0.25, 0.3) is 0 Å². The molecule has 1 aliphatic heterocycles. The molecule has 1 fully saturated rings. The minimum absolute atomic E-state index is 0.164. The monoisotopic (exact) mass is 354 g/mol. The molecule has 0 saturated carbocycles. The van der Waals surface area contributed by atoms with Crippen molar-refractivity contribution < 1.29 is 9.53 Å². The summed E-state index contributed by atoms with van der Waals surface area (Å²) in [6.45, 7) is 5.13. The Kier molecular flexibility index (Phi) is 5.65. The van der Waals surface area contributed by atoms with E-state index < -0.39 is 5.54 Å².